The van der Waals surface area contributed by atoms with Gasteiger partial charge in [-0.05, 0) is 54.8 Å². The van der Waals surface area contributed by atoms with Crippen LogP contribution in [0.5, 0.6) is 11.5 Å². The monoisotopic (exact) mass is 375 g/mol. The van der Waals surface area contributed by atoms with E-state index in [2.05, 4.69) is 6.07 Å². The maximum atomic E-state index is 9.47. The predicted molar refractivity (Wildman–Crippen MR) is 103 cm³/mol. The smallest absolute Gasteiger partial charge is 0.180 e. The molecule has 0 spiro atoms. The zero-order chi connectivity index (χ0) is 18.4. The first kappa shape index (κ1) is 19.2. The van der Waals surface area contributed by atoms with E-state index >= 15 is 0 Å². The zero-order valence-electron chi connectivity index (χ0n) is 14.3. The van der Waals surface area contributed by atoms with Crippen LogP contribution >= 0.6 is 23.2 Å². The Hall–Kier alpha value is -2.15. The highest BCUT2D eigenvalue weighted by Gasteiger charge is 2.14. The average Bonchev–Trinajstić information content (AvgIpc) is 2.62. The number of halogens is 2. The molecular formula is C20H19Cl2NO2. The molecule has 0 saturated heterocycles. The molecule has 3 nitrogen and oxygen atoms in total. The summed E-state index contributed by atoms with van der Waals surface area (Å²) in [4.78, 5) is 0. The number of ether oxygens (including phenoxy) is 2. The summed E-state index contributed by atoms with van der Waals surface area (Å²) in [7, 11) is 1.56. The standard InChI is InChI=1S/C20H19Cl2NO2/c1-4-13(2)25-20-18(22)10-14(11-19(20)24-3)9-16(12-23)15-5-7-17(21)8-6-15/h5-11,13H,4H2,1-3H3/b16-9+/t13-/m0/s1. The van der Waals surface area contributed by atoms with Crippen LogP contribution < -0.4 is 9.47 Å². The van der Waals surface area contributed by atoms with Crippen molar-refractivity contribution in [1.29, 1.82) is 5.26 Å². The Kier molecular flexibility index (Phi) is 6.75. The predicted octanol–water partition coefficient (Wildman–Crippen LogP) is 6.24. The minimum Gasteiger partial charge on any atom is -0.493 e. The molecule has 0 saturated carbocycles. The summed E-state index contributed by atoms with van der Waals surface area (Å²) in [5, 5.41) is 10.5. The Morgan fingerprint density at radius 2 is 1.92 bits per heavy atom. The summed E-state index contributed by atoms with van der Waals surface area (Å²) in [6.45, 7) is 4.01. The fourth-order valence-electron chi connectivity index (χ4n) is 2.20. The summed E-state index contributed by atoms with van der Waals surface area (Å²) in [6, 6.07) is 12.9. The van der Waals surface area contributed by atoms with Gasteiger partial charge in [0.25, 0.3) is 0 Å². The number of hydrogen-bond acceptors (Lipinski definition) is 3. The summed E-state index contributed by atoms with van der Waals surface area (Å²) in [5.74, 6) is 1.05. The van der Waals surface area contributed by atoms with Crippen LogP contribution in [0.25, 0.3) is 11.6 Å². The number of nitriles is 1. The van der Waals surface area contributed by atoms with Crippen molar-refractivity contribution in [2.75, 3.05) is 7.11 Å². The van der Waals surface area contributed by atoms with Gasteiger partial charge < -0.3 is 9.47 Å². The van der Waals surface area contributed by atoms with Crippen LogP contribution in [-0.4, -0.2) is 13.2 Å². The molecule has 0 amide bonds. The number of nitrogens with zero attached hydrogens (tertiary/aromatic N) is 1. The minimum absolute atomic E-state index is 0.0246. The van der Waals surface area contributed by atoms with E-state index in [4.69, 9.17) is 32.7 Å². The fraction of sp³-hybridized carbons (Fsp3) is 0.250. The molecule has 2 aromatic carbocycles. The summed E-state index contributed by atoms with van der Waals surface area (Å²) in [5.41, 5.74) is 2.04. The van der Waals surface area contributed by atoms with E-state index < -0.39 is 0 Å². The van der Waals surface area contributed by atoms with Gasteiger partial charge in [-0.1, -0.05) is 42.3 Å². The highest BCUT2D eigenvalue weighted by Crippen LogP contribution is 2.38. The maximum Gasteiger partial charge on any atom is 0.180 e. The molecule has 0 fully saturated rings. The van der Waals surface area contributed by atoms with Crippen molar-refractivity contribution in [3.05, 3.63) is 57.6 Å². The van der Waals surface area contributed by atoms with Gasteiger partial charge in [-0.3, -0.25) is 0 Å². The summed E-state index contributed by atoms with van der Waals surface area (Å²) < 4.78 is 11.3. The lowest BCUT2D eigenvalue weighted by Gasteiger charge is -2.17. The quantitative estimate of drug-likeness (QED) is 0.442. The highest BCUT2D eigenvalue weighted by atomic mass is 35.5. The second-order valence-electron chi connectivity index (χ2n) is 5.55. The maximum absolute atomic E-state index is 9.47. The lowest BCUT2D eigenvalue weighted by Crippen LogP contribution is -2.11. The van der Waals surface area contributed by atoms with Gasteiger partial charge in [0.1, 0.15) is 0 Å². The van der Waals surface area contributed by atoms with Gasteiger partial charge in [-0.25, -0.2) is 0 Å². The molecule has 2 aromatic rings. The number of hydrogen-bond donors (Lipinski definition) is 0. The van der Waals surface area contributed by atoms with Crippen LogP contribution in [0.15, 0.2) is 36.4 Å². The van der Waals surface area contributed by atoms with Gasteiger partial charge in [0, 0.05) is 5.02 Å². The topological polar surface area (TPSA) is 42.2 Å². The van der Waals surface area contributed by atoms with Gasteiger partial charge in [0.2, 0.25) is 0 Å². The van der Waals surface area contributed by atoms with Crippen LogP contribution in [-0.2, 0) is 0 Å². The van der Waals surface area contributed by atoms with Crippen molar-refractivity contribution < 1.29 is 9.47 Å². The SMILES string of the molecule is CC[C@H](C)Oc1c(Cl)cc(/C=C(\C#N)c2ccc(Cl)cc2)cc1OC. The molecule has 0 N–H and O–H groups in total. The first-order valence-corrected chi connectivity index (χ1v) is 8.66. The summed E-state index contributed by atoms with van der Waals surface area (Å²) in [6.07, 6.45) is 2.64. The lowest BCUT2D eigenvalue weighted by molar-refractivity contribution is 0.208. The first-order valence-electron chi connectivity index (χ1n) is 7.90. The molecule has 0 bridgehead atoms. The van der Waals surface area contributed by atoms with Gasteiger partial charge in [0.05, 0.1) is 29.9 Å². The van der Waals surface area contributed by atoms with Crippen molar-refractivity contribution in [3.63, 3.8) is 0 Å². The molecule has 25 heavy (non-hydrogen) atoms. The Morgan fingerprint density at radius 1 is 1.24 bits per heavy atom. The molecule has 0 radical (unpaired) electrons. The van der Waals surface area contributed by atoms with E-state index in [1.165, 1.54) is 0 Å². The molecule has 0 aromatic heterocycles. The first-order chi connectivity index (χ1) is 12.0. The zero-order valence-corrected chi connectivity index (χ0v) is 15.9. The third-order valence-electron chi connectivity index (χ3n) is 3.73. The molecule has 1 atom stereocenters. The van der Waals surface area contributed by atoms with Crippen molar-refractivity contribution in [2.24, 2.45) is 0 Å². The van der Waals surface area contributed by atoms with Gasteiger partial charge >= 0.3 is 0 Å². The second-order valence-corrected chi connectivity index (χ2v) is 6.39. The van der Waals surface area contributed by atoms with Crippen molar-refractivity contribution in [3.8, 4) is 17.6 Å². The molecule has 0 unspecified atom stereocenters. The number of benzene rings is 2. The fourth-order valence-corrected chi connectivity index (χ4v) is 2.59. The van der Waals surface area contributed by atoms with Crippen molar-refractivity contribution in [2.45, 2.75) is 26.4 Å². The van der Waals surface area contributed by atoms with Crippen molar-refractivity contribution >= 4 is 34.9 Å². The molecule has 2 rings (SSSR count). The molecule has 5 heteroatoms. The normalized spacial score (nSPS) is 12.4. The molecule has 0 aliphatic heterocycles. The van der Waals surface area contributed by atoms with E-state index in [0.717, 1.165) is 17.5 Å². The average molecular weight is 376 g/mol. The summed E-state index contributed by atoms with van der Waals surface area (Å²) >= 11 is 12.3. The van der Waals surface area contributed by atoms with Gasteiger partial charge in [-0.2, -0.15) is 5.26 Å². The van der Waals surface area contributed by atoms with Gasteiger partial charge in [-0.15, -0.1) is 0 Å². The van der Waals surface area contributed by atoms with E-state index in [9.17, 15) is 5.26 Å². The third kappa shape index (κ3) is 4.92. The Bertz CT molecular complexity index is 808. The van der Waals surface area contributed by atoms with E-state index in [1.807, 2.05) is 13.8 Å². The van der Waals surface area contributed by atoms with Crippen LogP contribution in [0.3, 0.4) is 0 Å². The van der Waals surface area contributed by atoms with Crippen LogP contribution in [0, 0.1) is 11.3 Å². The van der Waals surface area contributed by atoms with E-state index in [-0.39, 0.29) is 6.10 Å². The Morgan fingerprint density at radius 3 is 2.48 bits per heavy atom. The second kappa shape index (κ2) is 8.80. The lowest BCUT2D eigenvalue weighted by atomic mass is 10.0. The van der Waals surface area contributed by atoms with Crippen LogP contribution in [0.4, 0.5) is 0 Å². The van der Waals surface area contributed by atoms with Crippen molar-refractivity contribution in [1.82, 2.24) is 0 Å². The molecule has 0 aliphatic rings. The minimum atomic E-state index is 0.0246. The molecule has 0 heterocycles. The largest absolute Gasteiger partial charge is 0.493 e. The molecular weight excluding hydrogens is 357 g/mol. The third-order valence-corrected chi connectivity index (χ3v) is 4.27. The highest BCUT2D eigenvalue weighted by molar-refractivity contribution is 6.32. The number of rotatable bonds is 6. The molecule has 130 valence electrons. The molecule has 0 aliphatic carbocycles. The van der Waals surface area contributed by atoms with Crippen LogP contribution in [0.2, 0.25) is 10.0 Å². The van der Waals surface area contributed by atoms with Gasteiger partial charge in [0.15, 0.2) is 11.5 Å². The van der Waals surface area contributed by atoms with Crippen LogP contribution in [0.1, 0.15) is 31.4 Å². The number of allylic oxidation sites excluding steroid dienone is 1. The Labute approximate surface area is 158 Å². The Balaban J connectivity index is 2.43. The number of methoxy groups -OCH3 is 1. The van der Waals surface area contributed by atoms with E-state index in [1.54, 1.807) is 49.6 Å². The van der Waals surface area contributed by atoms with E-state index in [0.29, 0.717) is 27.1 Å².